The maximum absolute atomic E-state index is 12.5. The highest BCUT2D eigenvalue weighted by Gasteiger charge is 2.22. The maximum atomic E-state index is 12.5. The number of likely N-dealkylation sites (N-methyl/N-ethyl adjacent to an activating group) is 1. The lowest BCUT2D eigenvalue weighted by molar-refractivity contribution is 0.0921. The molecule has 0 radical (unpaired) electrons. The summed E-state index contributed by atoms with van der Waals surface area (Å²) in [5, 5.41) is 3.94. The Morgan fingerprint density at radius 2 is 2.19 bits per heavy atom. The summed E-state index contributed by atoms with van der Waals surface area (Å²) in [7, 11) is 4.00. The molecule has 3 N–H and O–H groups in total. The second kappa shape index (κ2) is 6.41. The second-order valence-electron chi connectivity index (χ2n) is 5.79. The van der Waals surface area contributed by atoms with Gasteiger partial charge in [0, 0.05) is 24.2 Å². The van der Waals surface area contributed by atoms with Crippen molar-refractivity contribution in [1.82, 2.24) is 15.2 Å². The molecule has 1 unspecified atom stereocenters. The van der Waals surface area contributed by atoms with Crippen LogP contribution in [0.25, 0.3) is 10.2 Å². The normalized spacial score (nSPS) is 13.0. The smallest absolute Gasteiger partial charge is 0.263 e. The summed E-state index contributed by atoms with van der Waals surface area (Å²) in [4.78, 5) is 20.2. The molecule has 6 heteroatoms. The van der Waals surface area contributed by atoms with Gasteiger partial charge in [0.1, 0.15) is 9.71 Å². The summed E-state index contributed by atoms with van der Waals surface area (Å²) in [6.07, 6.45) is 1.71. The van der Waals surface area contributed by atoms with Gasteiger partial charge in [0.05, 0.1) is 5.69 Å². The number of thiophene rings is 1. The molecule has 0 spiro atoms. The molecule has 0 aliphatic carbocycles. The van der Waals surface area contributed by atoms with E-state index < -0.39 is 0 Å². The highest BCUT2D eigenvalue weighted by molar-refractivity contribution is 7.21. The lowest BCUT2D eigenvalue weighted by Crippen LogP contribution is -2.44. The average molecular weight is 306 g/mol. The van der Waals surface area contributed by atoms with E-state index in [2.05, 4.69) is 29.0 Å². The first-order chi connectivity index (χ1) is 9.90. The summed E-state index contributed by atoms with van der Waals surface area (Å²) < 4.78 is 0. The Balaban J connectivity index is 2.23. The number of carbonyl (C=O) groups is 1. The van der Waals surface area contributed by atoms with Crippen molar-refractivity contribution in [3.8, 4) is 0 Å². The summed E-state index contributed by atoms with van der Waals surface area (Å²) in [6.45, 7) is 5.00. The monoisotopic (exact) mass is 306 g/mol. The molecule has 0 aliphatic heterocycles. The molecule has 114 valence electrons. The summed E-state index contributed by atoms with van der Waals surface area (Å²) in [6, 6.07) is 3.81. The Labute approximate surface area is 129 Å². The number of aromatic nitrogens is 1. The van der Waals surface area contributed by atoms with Crippen molar-refractivity contribution < 1.29 is 4.79 Å². The zero-order valence-electron chi connectivity index (χ0n) is 12.9. The fraction of sp³-hybridized carbons (Fsp3) is 0.467. The minimum absolute atomic E-state index is 0.0880. The number of hydrogen-bond donors (Lipinski definition) is 2. The molecule has 0 fully saturated rings. The SMILES string of the molecule is CC(C)C(CN(C)C)NC(=O)c1sc2ncccc2c1N. The highest BCUT2D eigenvalue weighted by atomic mass is 32.1. The number of hydrogen-bond acceptors (Lipinski definition) is 5. The largest absolute Gasteiger partial charge is 0.397 e. The van der Waals surface area contributed by atoms with Crippen LogP contribution in [0, 0.1) is 5.92 Å². The van der Waals surface area contributed by atoms with Crippen LogP contribution in [-0.4, -0.2) is 42.5 Å². The van der Waals surface area contributed by atoms with E-state index in [1.807, 2.05) is 26.2 Å². The van der Waals surface area contributed by atoms with Crippen LogP contribution in [-0.2, 0) is 0 Å². The molecule has 2 aromatic rings. The standard InChI is InChI=1S/C15H22N4OS/c1-9(2)11(8-19(3)4)18-14(20)13-12(16)10-6-5-7-17-15(10)21-13/h5-7,9,11H,8,16H2,1-4H3,(H,18,20). The molecule has 1 atom stereocenters. The number of anilines is 1. The molecule has 0 saturated carbocycles. The van der Waals surface area contributed by atoms with Gasteiger partial charge < -0.3 is 16.0 Å². The third kappa shape index (κ3) is 3.51. The van der Waals surface area contributed by atoms with Crippen molar-refractivity contribution in [2.75, 3.05) is 26.4 Å². The molecule has 0 saturated heterocycles. The molecule has 21 heavy (non-hydrogen) atoms. The van der Waals surface area contributed by atoms with Crippen LogP contribution in [0.15, 0.2) is 18.3 Å². The predicted octanol–water partition coefficient (Wildman–Crippen LogP) is 2.19. The van der Waals surface area contributed by atoms with Crippen molar-refractivity contribution in [2.45, 2.75) is 19.9 Å². The fourth-order valence-electron chi connectivity index (χ4n) is 2.17. The Bertz CT molecular complexity index is 636. The second-order valence-corrected chi connectivity index (χ2v) is 6.79. The predicted molar refractivity (Wildman–Crippen MR) is 88.7 cm³/mol. The zero-order chi connectivity index (χ0) is 15.6. The number of fused-ring (bicyclic) bond motifs is 1. The van der Waals surface area contributed by atoms with E-state index in [4.69, 9.17) is 5.73 Å². The van der Waals surface area contributed by atoms with Crippen LogP contribution < -0.4 is 11.1 Å². The van der Waals surface area contributed by atoms with Crippen LogP contribution in [0.1, 0.15) is 23.5 Å². The third-order valence-corrected chi connectivity index (χ3v) is 4.52. The molecule has 2 rings (SSSR count). The van der Waals surface area contributed by atoms with Gasteiger partial charge in [0.2, 0.25) is 0 Å². The number of amides is 1. The first-order valence-electron chi connectivity index (χ1n) is 6.98. The molecule has 5 nitrogen and oxygen atoms in total. The fourth-order valence-corrected chi connectivity index (χ4v) is 3.14. The minimum atomic E-state index is -0.115. The quantitative estimate of drug-likeness (QED) is 0.888. The van der Waals surface area contributed by atoms with Crippen LogP contribution in [0.2, 0.25) is 0 Å². The Hall–Kier alpha value is -1.66. The van der Waals surface area contributed by atoms with E-state index in [-0.39, 0.29) is 11.9 Å². The van der Waals surface area contributed by atoms with Gasteiger partial charge in [-0.2, -0.15) is 0 Å². The number of carbonyl (C=O) groups excluding carboxylic acids is 1. The topological polar surface area (TPSA) is 71.2 Å². The van der Waals surface area contributed by atoms with Gasteiger partial charge >= 0.3 is 0 Å². The van der Waals surface area contributed by atoms with Crippen molar-refractivity contribution in [3.63, 3.8) is 0 Å². The van der Waals surface area contributed by atoms with E-state index in [0.717, 1.165) is 16.8 Å². The van der Waals surface area contributed by atoms with E-state index in [1.165, 1.54) is 11.3 Å². The number of nitrogens with one attached hydrogen (secondary N) is 1. The van der Waals surface area contributed by atoms with Gasteiger partial charge in [-0.1, -0.05) is 13.8 Å². The molecular weight excluding hydrogens is 284 g/mol. The van der Waals surface area contributed by atoms with Gasteiger partial charge in [-0.3, -0.25) is 4.79 Å². The maximum Gasteiger partial charge on any atom is 0.263 e. The van der Waals surface area contributed by atoms with Crippen molar-refractivity contribution >= 4 is 33.1 Å². The van der Waals surface area contributed by atoms with Gasteiger partial charge in [0.15, 0.2) is 0 Å². The van der Waals surface area contributed by atoms with Gasteiger partial charge in [0.25, 0.3) is 5.91 Å². The Morgan fingerprint density at radius 1 is 1.48 bits per heavy atom. The van der Waals surface area contributed by atoms with Gasteiger partial charge in [-0.25, -0.2) is 4.98 Å². The number of nitrogen functional groups attached to an aromatic ring is 1. The van der Waals surface area contributed by atoms with Crippen molar-refractivity contribution in [1.29, 1.82) is 0 Å². The molecule has 0 aromatic carbocycles. The third-order valence-electron chi connectivity index (χ3n) is 3.39. The van der Waals surface area contributed by atoms with E-state index >= 15 is 0 Å². The van der Waals surface area contributed by atoms with Crippen LogP contribution in [0.3, 0.4) is 0 Å². The zero-order valence-corrected chi connectivity index (χ0v) is 13.7. The lowest BCUT2D eigenvalue weighted by atomic mass is 10.0. The van der Waals surface area contributed by atoms with Crippen LogP contribution in [0.5, 0.6) is 0 Å². The summed E-state index contributed by atoms with van der Waals surface area (Å²) >= 11 is 1.34. The molecule has 0 bridgehead atoms. The molecule has 2 heterocycles. The average Bonchev–Trinajstić information content (AvgIpc) is 2.75. The Morgan fingerprint density at radius 3 is 2.76 bits per heavy atom. The van der Waals surface area contributed by atoms with Crippen molar-refractivity contribution in [3.05, 3.63) is 23.2 Å². The van der Waals surface area contributed by atoms with E-state index in [0.29, 0.717) is 16.5 Å². The minimum Gasteiger partial charge on any atom is -0.397 e. The van der Waals surface area contributed by atoms with Gasteiger partial charge in [-0.15, -0.1) is 11.3 Å². The van der Waals surface area contributed by atoms with E-state index in [1.54, 1.807) is 6.20 Å². The number of pyridine rings is 1. The molecule has 2 aromatic heterocycles. The lowest BCUT2D eigenvalue weighted by Gasteiger charge is -2.25. The number of nitrogens with two attached hydrogens (primary N) is 1. The summed E-state index contributed by atoms with van der Waals surface area (Å²) in [5.41, 5.74) is 6.61. The Kier molecular flexibility index (Phi) is 4.80. The molecular formula is C15H22N4OS. The van der Waals surface area contributed by atoms with Crippen LogP contribution >= 0.6 is 11.3 Å². The first-order valence-corrected chi connectivity index (χ1v) is 7.80. The van der Waals surface area contributed by atoms with Gasteiger partial charge in [-0.05, 0) is 32.1 Å². The molecule has 1 amide bonds. The highest BCUT2D eigenvalue weighted by Crippen LogP contribution is 2.31. The van der Waals surface area contributed by atoms with E-state index in [9.17, 15) is 4.79 Å². The molecule has 0 aliphatic rings. The summed E-state index contributed by atoms with van der Waals surface area (Å²) in [5.74, 6) is 0.237. The number of rotatable bonds is 5. The number of nitrogens with zero attached hydrogens (tertiary/aromatic N) is 2. The van der Waals surface area contributed by atoms with Crippen molar-refractivity contribution in [2.24, 2.45) is 5.92 Å². The van der Waals surface area contributed by atoms with Crippen LogP contribution in [0.4, 0.5) is 5.69 Å². The first kappa shape index (κ1) is 15.7.